The zero-order valence-corrected chi connectivity index (χ0v) is 17.2. The van der Waals surface area contributed by atoms with Crippen molar-refractivity contribution in [3.8, 4) is 16.9 Å². The molecule has 8 nitrogen and oxygen atoms in total. The van der Waals surface area contributed by atoms with E-state index in [0.717, 1.165) is 19.3 Å². The second-order valence-electron chi connectivity index (χ2n) is 8.20. The number of halogens is 1. The molecule has 2 aromatic rings. The smallest absolute Gasteiger partial charge is 0.414 e. The summed E-state index contributed by atoms with van der Waals surface area (Å²) in [7, 11) is 0. The van der Waals surface area contributed by atoms with E-state index in [1.807, 2.05) is 0 Å². The van der Waals surface area contributed by atoms with Crippen molar-refractivity contribution in [3.05, 3.63) is 42.2 Å². The molecule has 0 bridgehead atoms. The lowest BCUT2D eigenvalue weighted by Gasteiger charge is -2.24. The third kappa shape index (κ3) is 3.86. The van der Waals surface area contributed by atoms with Crippen LogP contribution in [0, 0.1) is 11.7 Å². The van der Waals surface area contributed by atoms with Crippen molar-refractivity contribution in [3.63, 3.8) is 0 Å². The van der Waals surface area contributed by atoms with Crippen LogP contribution >= 0.6 is 0 Å². The standard InChI is InChI=1S/C23H22FN3O5/c24-18-9-15(27-11-16(32-23(27)30)10-25-22(29)13-2-1-3-13)5-6-17(18)14-4-7-20-19(8-14)26-21(28)12-31-20/h4-9,13,16H,1-3,10-12H2,(H,25,29)(H,26,28)/t16-/m0/s1. The molecule has 2 aromatic carbocycles. The molecule has 1 saturated carbocycles. The average Bonchev–Trinajstić information content (AvgIpc) is 3.11. The highest BCUT2D eigenvalue weighted by Crippen LogP contribution is 2.35. The molecule has 2 heterocycles. The molecule has 3 amide bonds. The van der Waals surface area contributed by atoms with Gasteiger partial charge in [0.15, 0.2) is 6.61 Å². The van der Waals surface area contributed by atoms with Gasteiger partial charge in [0, 0.05) is 11.5 Å². The first kappa shape index (κ1) is 20.3. The van der Waals surface area contributed by atoms with Gasteiger partial charge in [-0.3, -0.25) is 14.5 Å². The molecule has 32 heavy (non-hydrogen) atoms. The van der Waals surface area contributed by atoms with Gasteiger partial charge in [0.25, 0.3) is 5.91 Å². The Hall–Kier alpha value is -3.62. The summed E-state index contributed by atoms with van der Waals surface area (Å²) in [6.07, 6.45) is 1.81. The second-order valence-corrected chi connectivity index (χ2v) is 8.20. The van der Waals surface area contributed by atoms with Gasteiger partial charge in [0.05, 0.1) is 24.5 Å². The van der Waals surface area contributed by atoms with Crippen molar-refractivity contribution in [1.29, 1.82) is 0 Å². The summed E-state index contributed by atoms with van der Waals surface area (Å²) in [5.74, 6) is -0.196. The van der Waals surface area contributed by atoms with E-state index < -0.39 is 18.0 Å². The number of hydrogen-bond donors (Lipinski definition) is 2. The molecule has 0 radical (unpaired) electrons. The van der Waals surface area contributed by atoms with Gasteiger partial charge in [-0.1, -0.05) is 12.5 Å². The summed E-state index contributed by atoms with van der Waals surface area (Å²) < 4.78 is 25.6. The summed E-state index contributed by atoms with van der Waals surface area (Å²) in [4.78, 5) is 37.2. The van der Waals surface area contributed by atoms with Crippen LogP contribution in [0.4, 0.5) is 20.6 Å². The Morgan fingerprint density at radius 3 is 2.78 bits per heavy atom. The molecule has 3 aliphatic rings. The van der Waals surface area contributed by atoms with E-state index in [1.165, 1.54) is 11.0 Å². The molecule has 0 unspecified atom stereocenters. The van der Waals surface area contributed by atoms with E-state index >= 15 is 0 Å². The predicted molar refractivity (Wildman–Crippen MR) is 114 cm³/mol. The Kier molecular flexibility index (Phi) is 5.16. The van der Waals surface area contributed by atoms with Crippen LogP contribution in [-0.2, 0) is 14.3 Å². The zero-order chi connectivity index (χ0) is 22.2. The lowest BCUT2D eigenvalue weighted by Crippen LogP contribution is -2.39. The number of ether oxygens (including phenoxy) is 2. The summed E-state index contributed by atoms with van der Waals surface area (Å²) >= 11 is 0. The van der Waals surface area contributed by atoms with Crippen molar-refractivity contribution in [2.75, 3.05) is 29.9 Å². The SMILES string of the molecule is O=C1COc2ccc(-c3ccc(N4C[C@H](CNC(=O)C5CCC5)OC4=O)cc3F)cc2N1. The maximum atomic E-state index is 15.0. The molecule has 9 heteroatoms. The van der Waals surface area contributed by atoms with Crippen LogP contribution in [0.15, 0.2) is 36.4 Å². The largest absolute Gasteiger partial charge is 0.482 e. The molecule has 0 aromatic heterocycles. The highest BCUT2D eigenvalue weighted by molar-refractivity contribution is 5.96. The monoisotopic (exact) mass is 439 g/mol. The van der Waals surface area contributed by atoms with Crippen LogP contribution in [0.1, 0.15) is 19.3 Å². The molecule has 166 valence electrons. The van der Waals surface area contributed by atoms with E-state index in [2.05, 4.69) is 10.6 Å². The second kappa shape index (κ2) is 8.14. The first-order valence-corrected chi connectivity index (χ1v) is 10.6. The number of amides is 3. The summed E-state index contributed by atoms with van der Waals surface area (Å²) in [5, 5.41) is 5.54. The Bertz CT molecular complexity index is 1100. The van der Waals surface area contributed by atoms with Crippen LogP contribution in [0.3, 0.4) is 0 Å². The third-order valence-electron chi connectivity index (χ3n) is 6.04. The molecule has 1 atom stereocenters. The van der Waals surface area contributed by atoms with Crippen LogP contribution in [0.5, 0.6) is 5.75 Å². The maximum Gasteiger partial charge on any atom is 0.414 e. The minimum atomic E-state index is -0.575. The van der Waals surface area contributed by atoms with E-state index in [1.54, 1.807) is 30.3 Å². The summed E-state index contributed by atoms with van der Waals surface area (Å²) in [6.45, 7) is 0.415. The number of nitrogens with zero attached hydrogens (tertiary/aromatic N) is 1. The number of anilines is 2. The summed E-state index contributed by atoms with van der Waals surface area (Å²) in [6, 6.07) is 9.54. The molecule has 2 aliphatic heterocycles. The molecular weight excluding hydrogens is 417 g/mol. The van der Waals surface area contributed by atoms with E-state index in [0.29, 0.717) is 28.3 Å². The number of carbonyl (C=O) groups is 3. The number of hydrogen-bond acceptors (Lipinski definition) is 5. The van der Waals surface area contributed by atoms with Gasteiger partial charge >= 0.3 is 6.09 Å². The van der Waals surface area contributed by atoms with Crippen molar-refractivity contribution in [2.45, 2.75) is 25.4 Å². The average molecular weight is 439 g/mol. The number of fused-ring (bicyclic) bond motifs is 1. The first-order valence-electron chi connectivity index (χ1n) is 10.6. The van der Waals surface area contributed by atoms with Crippen molar-refractivity contribution in [1.82, 2.24) is 5.32 Å². The molecule has 2 N–H and O–H groups in total. The molecular formula is C23H22FN3O5. The van der Waals surface area contributed by atoms with Crippen LogP contribution < -0.4 is 20.3 Å². The van der Waals surface area contributed by atoms with Gasteiger partial charge in [-0.2, -0.15) is 0 Å². The van der Waals surface area contributed by atoms with E-state index in [9.17, 15) is 18.8 Å². The Morgan fingerprint density at radius 2 is 2.03 bits per heavy atom. The topological polar surface area (TPSA) is 97.0 Å². The molecule has 1 saturated heterocycles. The van der Waals surface area contributed by atoms with Gasteiger partial charge in [-0.05, 0) is 48.7 Å². The highest BCUT2D eigenvalue weighted by atomic mass is 19.1. The zero-order valence-electron chi connectivity index (χ0n) is 17.2. The van der Waals surface area contributed by atoms with Crippen molar-refractivity contribution < 1.29 is 28.2 Å². The van der Waals surface area contributed by atoms with Crippen LogP contribution in [0.25, 0.3) is 11.1 Å². The van der Waals surface area contributed by atoms with E-state index in [4.69, 9.17) is 9.47 Å². The fraction of sp³-hybridized carbons (Fsp3) is 0.348. The maximum absolute atomic E-state index is 15.0. The van der Waals surface area contributed by atoms with E-state index in [-0.39, 0.29) is 37.4 Å². The number of cyclic esters (lactones) is 1. The minimum absolute atomic E-state index is 0.00668. The number of rotatable bonds is 5. The number of benzene rings is 2. The Labute approximate surface area is 183 Å². The summed E-state index contributed by atoms with van der Waals surface area (Å²) in [5.41, 5.74) is 1.75. The van der Waals surface area contributed by atoms with Crippen LogP contribution in [-0.4, -0.2) is 43.7 Å². The molecule has 0 spiro atoms. The lowest BCUT2D eigenvalue weighted by atomic mass is 9.85. The Balaban J connectivity index is 1.28. The molecule has 5 rings (SSSR count). The van der Waals surface area contributed by atoms with Gasteiger partial charge in [-0.15, -0.1) is 0 Å². The minimum Gasteiger partial charge on any atom is -0.482 e. The predicted octanol–water partition coefficient (Wildman–Crippen LogP) is 3.07. The number of nitrogens with one attached hydrogen (secondary N) is 2. The normalized spacial score (nSPS) is 20.0. The fourth-order valence-corrected chi connectivity index (χ4v) is 4.02. The lowest BCUT2D eigenvalue weighted by molar-refractivity contribution is -0.127. The number of carbonyl (C=O) groups excluding carboxylic acids is 3. The first-order chi connectivity index (χ1) is 15.5. The molecule has 2 fully saturated rings. The highest BCUT2D eigenvalue weighted by Gasteiger charge is 2.34. The van der Waals surface area contributed by atoms with Crippen molar-refractivity contribution >= 4 is 29.3 Å². The van der Waals surface area contributed by atoms with Gasteiger partial charge < -0.3 is 20.1 Å². The quantitative estimate of drug-likeness (QED) is 0.747. The fourth-order valence-electron chi connectivity index (χ4n) is 4.02. The Morgan fingerprint density at radius 1 is 1.19 bits per heavy atom. The van der Waals surface area contributed by atoms with Gasteiger partial charge in [0.1, 0.15) is 17.7 Å². The van der Waals surface area contributed by atoms with Gasteiger partial charge in [-0.25, -0.2) is 9.18 Å². The van der Waals surface area contributed by atoms with Crippen molar-refractivity contribution in [2.24, 2.45) is 5.92 Å². The molecule has 1 aliphatic carbocycles. The third-order valence-corrected chi connectivity index (χ3v) is 6.04. The van der Waals surface area contributed by atoms with Gasteiger partial charge in [0.2, 0.25) is 5.91 Å². The van der Waals surface area contributed by atoms with Crippen LogP contribution in [0.2, 0.25) is 0 Å².